The molecule has 3 rings (SSSR count). The van der Waals surface area contributed by atoms with E-state index >= 15 is 0 Å². The second kappa shape index (κ2) is 8.22. The molecule has 0 atom stereocenters. The molecule has 0 aromatic carbocycles. The van der Waals surface area contributed by atoms with Crippen molar-refractivity contribution in [2.75, 3.05) is 32.4 Å². The Labute approximate surface area is 162 Å². The third-order valence-corrected chi connectivity index (χ3v) is 6.94. The van der Waals surface area contributed by atoms with Gasteiger partial charge in [-0.05, 0) is 40.9 Å². The molecule has 3 heterocycles. The summed E-state index contributed by atoms with van der Waals surface area (Å²) in [5.41, 5.74) is 0. The van der Waals surface area contributed by atoms with Crippen molar-refractivity contribution in [3.63, 3.8) is 0 Å². The predicted molar refractivity (Wildman–Crippen MR) is 101 cm³/mol. The molecule has 0 spiro atoms. The number of rotatable bonds is 4. The molecule has 0 bridgehead atoms. The first kappa shape index (κ1) is 19.6. The number of ether oxygens (including phenoxy) is 1. The summed E-state index contributed by atoms with van der Waals surface area (Å²) in [5.74, 6) is 0.663. The predicted octanol–water partition coefficient (Wildman–Crippen LogP) is 1.89. The quantitative estimate of drug-likeness (QED) is 0.706. The van der Waals surface area contributed by atoms with Crippen LogP contribution < -0.4 is 4.74 Å². The number of carbonyl (C=O) groups excluding carboxylic acids is 1. The summed E-state index contributed by atoms with van der Waals surface area (Å²) >= 11 is 3.43. The lowest BCUT2D eigenvalue weighted by Crippen LogP contribution is -2.47. The van der Waals surface area contributed by atoms with Gasteiger partial charge in [0.2, 0.25) is 21.8 Å². The van der Waals surface area contributed by atoms with E-state index in [4.69, 9.17) is 4.74 Å². The Morgan fingerprint density at radius 3 is 2.42 bits per heavy atom. The van der Waals surface area contributed by atoms with Crippen LogP contribution in [0.15, 0.2) is 22.8 Å². The number of hydrogen-bond acceptors (Lipinski definition) is 5. The van der Waals surface area contributed by atoms with Gasteiger partial charge in [0.15, 0.2) is 0 Å². The Kier molecular flexibility index (Phi) is 6.19. The van der Waals surface area contributed by atoms with Crippen LogP contribution in [0.1, 0.15) is 25.7 Å². The Bertz CT molecular complexity index is 742. The van der Waals surface area contributed by atoms with E-state index in [0.29, 0.717) is 44.9 Å². The molecule has 26 heavy (non-hydrogen) atoms. The largest absolute Gasteiger partial charge is 0.473 e. The summed E-state index contributed by atoms with van der Waals surface area (Å²) in [6.45, 7) is 2.20. The highest BCUT2D eigenvalue weighted by Gasteiger charge is 2.33. The fraction of sp³-hybridized carbons (Fsp3) is 0.647. The third-order valence-electron chi connectivity index (χ3n) is 5.03. The van der Waals surface area contributed by atoms with E-state index in [1.54, 1.807) is 6.20 Å². The number of hydrogen-bond donors (Lipinski definition) is 0. The van der Waals surface area contributed by atoms with E-state index in [2.05, 4.69) is 20.9 Å². The highest BCUT2D eigenvalue weighted by molar-refractivity contribution is 9.10. The molecule has 0 saturated carbocycles. The van der Waals surface area contributed by atoms with E-state index < -0.39 is 10.0 Å². The average Bonchev–Trinajstić information content (AvgIpc) is 2.63. The summed E-state index contributed by atoms with van der Waals surface area (Å²) in [4.78, 5) is 18.8. The van der Waals surface area contributed by atoms with Crippen molar-refractivity contribution in [3.8, 4) is 5.88 Å². The number of piperidine rings is 2. The van der Waals surface area contributed by atoms with Gasteiger partial charge in [-0.25, -0.2) is 17.7 Å². The lowest BCUT2D eigenvalue weighted by atomic mass is 9.95. The average molecular weight is 446 g/mol. The van der Waals surface area contributed by atoms with Gasteiger partial charge in [-0.3, -0.25) is 4.79 Å². The molecule has 0 radical (unpaired) electrons. The maximum Gasteiger partial charge on any atom is 0.228 e. The van der Waals surface area contributed by atoms with E-state index in [9.17, 15) is 13.2 Å². The molecule has 144 valence electrons. The van der Waals surface area contributed by atoms with Crippen LogP contribution in [0.2, 0.25) is 0 Å². The van der Waals surface area contributed by atoms with Crippen LogP contribution >= 0.6 is 15.9 Å². The molecule has 2 saturated heterocycles. The van der Waals surface area contributed by atoms with Crippen LogP contribution in [0, 0.1) is 5.92 Å². The van der Waals surface area contributed by atoms with Crippen LogP contribution in [0.25, 0.3) is 0 Å². The van der Waals surface area contributed by atoms with Crippen LogP contribution in [0.5, 0.6) is 5.88 Å². The molecule has 2 aliphatic rings. The molecular formula is C17H24BrN3O4S. The Morgan fingerprint density at radius 1 is 1.19 bits per heavy atom. The highest BCUT2D eigenvalue weighted by Crippen LogP contribution is 2.26. The van der Waals surface area contributed by atoms with Gasteiger partial charge < -0.3 is 9.64 Å². The maximum absolute atomic E-state index is 12.7. The fourth-order valence-electron chi connectivity index (χ4n) is 3.50. The van der Waals surface area contributed by atoms with Gasteiger partial charge in [-0.1, -0.05) is 0 Å². The molecule has 2 aliphatic heterocycles. The zero-order chi connectivity index (χ0) is 18.7. The molecule has 1 amide bonds. The van der Waals surface area contributed by atoms with Crippen molar-refractivity contribution in [1.82, 2.24) is 14.2 Å². The number of pyridine rings is 1. The molecule has 0 aliphatic carbocycles. The van der Waals surface area contributed by atoms with Gasteiger partial charge in [0.1, 0.15) is 6.10 Å². The fourth-order valence-corrected chi connectivity index (χ4v) is 4.72. The summed E-state index contributed by atoms with van der Waals surface area (Å²) in [5, 5.41) is 0. The Morgan fingerprint density at radius 2 is 1.85 bits per heavy atom. The van der Waals surface area contributed by atoms with E-state index in [1.807, 2.05) is 17.0 Å². The number of aromatic nitrogens is 1. The van der Waals surface area contributed by atoms with Crippen LogP contribution in [-0.4, -0.2) is 67.1 Å². The minimum absolute atomic E-state index is 0.0531. The first-order chi connectivity index (χ1) is 12.3. The van der Waals surface area contributed by atoms with Gasteiger partial charge in [0, 0.05) is 51.1 Å². The molecule has 0 unspecified atom stereocenters. The van der Waals surface area contributed by atoms with Crippen LogP contribution in [-0.2, 0) is 14.8 Å². The molecule has 1 aromatic heterocycles. The number of nitrogens with zero attached hydrogens (tertiary/aromatic N) is 3. The summed E-state index contributed by atoms with van der Waals surface area (Å²) in [6.07, 6.45) is 5.72. The SMILES string of the molecule is CS(=O)(=O)N1CCC(C(=O)N2CCC(Oc3ncccc3Br)CC2)CC1. The summed E-state index contributed by atoms with van der Waals surface area (Å²) < 4.78 is 31.4. The first-order valence-electron chi connectivity index (χ1n) is 8.85. The second-order valence-electron chi connectivity index (χ2n) is 6.87. The number of halogens is 1. The number of amides is 1. The number of sulfonamides is 1. The zero-order valence-electron chi connectivity index (χ0n) is 14.8. The molecule has 1 aromatic rings. The minimum atomic E-state index is -3.16. The lowest BCUT2D eigenvalue weighted by Gasteiger charge is -2.36. The molecule has 9 heteroatoms. The summed E-state index contributed by atoms with van der Waals surface area (Å²) in [6, 6.07) is 3.73. The minimum Gasteiger partial charge on any atom is -0.473 e. The zero-order valence-corrected chi connectivity index (χ0v) is 17.2. The maximum atomic E-state index is 12.7. The van der Waals surface area contributed by atoms with Gasteiger partial charge >= 0.3 is 0 Å². The normalized spacial score (nSPS) is 20.9. The van der Waals surface area contributed by atoms with Gasteiger partial charge in [-0.15, -0.1) is 0 Å². The Balaban J connectivity index is 1.48. The van der Waals surface area contributed by atoms with E-state index in [0.717, 1.165) is 17.3 Å². The van der Waals surface area contributed by atoms with Crippen molar-refractivity contribution in [2.24, 2.45) is 5.92 Å². The van der Waals surface area contributed by atoms with Gasteiger partial charge in [-0.2, -0.15) is 0 Å². The molecular weight excluding hydrogens is 422 g/mol. The molecule has 2 fully saturated rings. The molecule has 7 nitrogen and oxygen atoms in total. The van der Waals surface area contributed by atoms with E-state index in [-0.39, 0.29) is 17.9 Å². The van der Waals surface area contributed by atoms with Crippen molar-refractivity contribution in [3.05, 3.63) is 22.8 Å². The van der Waals surface area contributed by atoms with Gasteiger partial charge in [0.25, 0.3) is 0 Å². The Hall–Kier alpha value is -1.19. The molecule has 0 N–H and O–H groups in total. The number of likely N-dealkylation sites (tertiary alicyclic amines) is 1. The van der Waals surface area contributed by atoms with E-state index in [1.165, 1.54) is 10.6 Å². The topological polar surface area (TPSA) is 79.8 Å². The van der Waals surface area contributed by atoms with Crippen molar-refractivity contribution in [2.45, 2.75) is 31.8 Å². The van der Waals surface area contributed by atoms with Crippen molar-refractivity contribution in [1.29, 1.82) is 0 Å². The standard InChI is InChI=1S/C17H24BrN3O4S/c1-26(23,24)21-11-4-13(5-12-21)17(22)20-9-6-14(7-10-20)25-16-15(18)3-2-8-19-16/h2-3,8,13-14H,4-7,9-12H2,1H3. The summed E-state index contributed by atoms with van der Waals surface area (Å²) in [7, 11) is -3.16. The monoisotopic (exact) mass is 445 g/mol. The van der Waals surface area contributed by atoms with Crippen LogP contribution in [0.4, 0.5) is 0 Å². The highest BCUT2D eigenvalue weighted by atomic mass is 79.9. The van der Waals surface area contributed by atoms with Crippen molar-refractivity contribution < 1.29 is 17.9 Å². The number of carbonyl (C=O) groups is 1. The lowest BCUT2D eigenvalue weighted by molar-refractivity contribution is -0.138. The third kappa shape index (κ3) is 4.75. The van der Waals surface area contributed by atoms with Crippen molar-refractivity contribution >= 4 is 31.9 Å². The smallest absolute Gasteiger partial charge is 0.228 e. The second-order valence-corrected chi connectivity index (χ2v) is 9.71. The van der Waals surface area contributed by atoms with Crippen LogP contribution in [0.3, 0.4) is 0 Å². The van der Waals surface area contributed by atoms with Gasteiger partial charge in [0.05, 0.1) is 10.7 Å². The first-order valence-corrected chi connectivity index (χ1v) is 11.5.